The van der Waals surface area contributed by atoms with Crippen molar-refractivity contribution in [1.29, 1.82) is 0 Å². The predicted octanol–water partition coefficient (Wildman–Crippen LogP) is 3.77. The first-order chi connectivity index (χ1) is 10.3. The molecule has 0 saturated carbocycles. The first-order valence-corrected chi connectivity index (χ1v) is 8.04. The van der Waals surface area contributed by atoms with Gasteiger partial charge in [-0.05, 0) is 36.5 Å². The number of hydrogen-bond acceptors (Lipinski definition) is 3. The molecule has 0 unspecified atom stereocenters. The zero-order valence-corrected chi connectivity index (χ0v) is 13.5. The molecule has 0 fully saturated rings. The van der Waals surface area contributed by atoms with Crippen LogP contribution in [-0.2, 0) is 0 Å². The molecule has 0 amide bonds. The summed E-state index contributed by atoms with van der Waals surface area (Å²) in [6, 6.07) is 18.0. The molecule has 2 aromatic carbocycles. The maximum absolute atomic E-state index is 5.27. The van der Waals surface area contributed by atoms with Gasteiger partial charge in [0.2, 0.25) is 0 Å². The van der Waals surface area contributed by atoms with Crippen LogP contribution in [0.15, 0.2) is 59.5 Å². The molecule has 3 nitrogen and oxygen atoms in total. The third-order valence-electron chi connectivity index (χ3n) is 2.73. The van der Waals surface area contributed by atoms with E-state index in [9.17, 15) is 0 Å². The van der Waals surface area contributed by atoms with Crippen LogP contribution in [0, 0.1) is 0 Å². The van der Waals surface area contributed by atoms with Crippen LogP contribution in [0.5, 0.6) is 5.75 Å². The molecule has 0 spiro atoms. The minimum Gasteiger partial charge on any atom is -0.497 e. The van der Waals surface area contributed by atoms with Crippen molar-refractivity contribution in [3.63, 3.8) is 0 Å². The lowest BCUT2D eigenvalue weighted by atomic mass is 10.3. The standard InChI is InChI=1S/C16H18N2OS2/c1-19-14-7-5-6-13(12-14)18-16(20)17-10-11-21-15-8-3-2-4-9-15/h2-9,12H,10-11H2,1H3,(H2,17,18,20). The Labute approximate surface area is 135 Å². The quantitative estimate of drug-likeness (QED) is 0.481. The third-order valence-corrected chi connectivity index (χ3v) is 3.99. The first-order valence-electron chi connectivity index (χ1n) is 6.64. The number of rotatable bonds is 6. The molecule has 0 aliphatic heterocycles. The van der Waals surface area contributed by atoms with Gasteiger partial charge in [-0.25, -0.2) is 0 Å². The molecule has 0 saturated heterocycles. The van der Waals surface area contributed by atoms with Crippen molar-refractivity contribution < 1.29 is 4.74 Å². The van der Waals surface area contributed by atoms with Crippen LogP contribution in [0.3, 0.4) is 0 Å². The minimum absolute atomic E-state index is 0.622. The fraction of sp³-hybridized carbons (Fsp3) is 0.188. The summed E-state index contributed by atoms with van der Waals surface area (Å²) in [6.45, 7) is 0.815. The summed E-state index contributed by atoms with van der Waals surface area (Å²) < 4.78 is 5.18. The maximum atomic E-state index is 5.27. The van der Waals surface area contributed by atoms with Crippen LogP contribution < -0.4 is 15.4 Å². The molecular weight excluding hydrogens is 300 g/mol. The van der Waals surface area contributed by atoms with Crippen molar-refractivity contribution in [2.45, 2.75) is 4.90 Å². The number of nitrogens with one attached hydrogen (secondary N) is 2. The molecule has 0 radical (unpaired) electrons. The Hall–Kier alpha value is -1.72. The molecule has 2 N–H and O–H groups in total. The fourth-order valence-electron chi connectivity index (χ4n) is 1.73. The molecule has 0 aromatic heterocycles. The van der Waals surface area contributed by atoms with Gasteiger partial charge in [-0.1, -0.05) is 24.3 Å². The second-order valence-corrected chi connectivity index (χ2v) is 5.85. The van der Waals surface area contributed by atoms with Crippen LogP contribution in [0.25, 0.3) is 0 Å². The van der Waals surface area contributed by atoms with Gasteiger partial charge in [-0.3, -0.25) is 0 Å². The lowest BCUT2D eigenvalue weighted by Crippen LogP contribution is -2.30. The van der Waals surface area contributed by atoms with Gasteiger partial charge in [0, 0.05) is 28.9 Å². The lowest BCUT2D eigenvalue weighted by molar-refractivity contribution is 0.415. The molecule has 2 aromatic rings. The van der Waals surface area contributed by atoms with Crippen molar-refractivity contribution in [1.82, 2.24) is 5.32 Å². The van der Waals surface area contributed by atoms with E-state index >= 15 is 0 Å². The van der Waals surface area contributed by atoms with Gasteiger partial charge in [0.05, 0.1) is 7.11 Å². The Kier molecular flexibility index (Phi) is 6.37. The second kappa shape index (κ2) is 8.54. The van der Waals surface area contributed by atoms with Gasteiger partial charge >= 0.3 is 0 Å². The van der Waals surface area contributed by atoms with Crippen molar-refractivity contribution >= 4 is 34.8 Å². The van der Waals surface area contributed by atoms with Gasteiger partial charge in [-0.2, -0.15) is 0 Å². The smallest absolute Gasteiger partial charge is 0.170 e. The van der Waals surface area contributed by atoms with Crippen molar-refractivity contribution in [3.8, 4) is 5.75 Å². The van der Waals surface area contributed by atoms with Crippen LogP contribution in [-0.4, -0.2) is 24.5 Å². The van der Waals surface area contributed by atoms with E-state index in [0.29, 0.717) is 5.11 Å². The zero-order valence-electron chi connectivity index (χ0n) is 11.8. The van der Waals surface area contributed by atoms with Crippen molar-refractivity contribution in [2.75, 3.05) is 24.7 Å². The van der Waals surface area contributed by atoms with Crippen molar-refractivity contribution in [3.05, 3.63) is 54.6 Å². The molecule has 2 rings (SSSR count). The van der Waals surface area contributed by atoms with Gasteiger partial charge in [0.1, 0.15) is 5.75 Å². The minimum atomic E-state index is 0.622. The molecule has 0 aliphatic rings. The Morgan fingerprint density at radius 3 is 2.71 bits per heavy atom. The number of benzene rings is 2. The molecule has 0 aliphatic carbocycles. The highest BCUT2D eigenvalue weighted by Gasteiger charge is 1.99. The van der Waals surface area contributed by atoms with Crippen molar-refractivity contribution in [2.24, 2.45) is 0 Å². The highest BCUT2D eigenvalue weighted by molar-refractivity contribution is 7.99. The summed E-state index contributed by atoms with van der Waals surface area (Å²) in [6.07, 6.45) is 0. The number of hydrogen-bond donors (Lipinski definition) is 2. The van der Waals surface area contributed by atoms with E-state index in [4.69, 9.17) is 17.0 Å². The highest BCUT2D eigenvalue weighted by Crippen LogP contribution is 2.17. The first kappa shape index (κ1) is 15.7. The molecule has 21 heavy (non-hydrogen) atoms. The molecule has 0 bridgehead atoms. The number of anilines is 1. The molecule has 5 heteroatoms. The lowest BCUT2D eigenvalue weighted by Gasteiger charge is -2.11. The van der Waals surface area contributed by atoms with Gasteiger partial charge in [-0.15, -0.1) is 11.8 Å². The maximum Gasteiger partial charge on any atom is 0.170 e. The Morgan fingerprint density at radius 1 is 1.14 bits per heavy atom. The molecule has 110 valence electrons. The Balaban J connectivity index is 1.70. The summed E-state index contributed by atoms with van der Waals surface area (Å²) in [5.41, 5.74) is 0.919. The van der Waals surface area contributed by atoms with Crippen LogP contribution in [0.4, 0.5) is 5.69 Å². The number of methoxy groups -OCH3 is 1. The summed E-state index contributed by atoms with van der Waals surface area (Å²) >= 11 is 7.08. The van der Waals surface area contributed by atoms with E-state index in [1.165, 1.54) is 4.90 Å². The van der Waals surface area contributed by atoms with E-state index in [2.05, 4.69) is 22.8 Å². The second-order valence-electron chi connectivity index (χ2n) is 4.27. The predicted molar refractivity (Wildman–Crippen MR) is 94.4 cm³/mol. The van der Waals surface area contributed by atoms with Crippen LogP contribution >= 0.6 is 24.0 Å². The monoisotopic (exact) mass is 318 g/mol. The van der Waals surface area contributed by atoms with Gasteiger partial charge in [0.25, 0.3) is 0 Å². The zero-order chi connectivity index (χ0) is 14.9. The third kappa shape index (κ3) is 5.65. The van der Waals surface area contributed by atoms with Gasteiger partial charge < -0.3 is 15.4 Å². The van der Waals surface area contributed by atoms with Crippen LogP contribution in [0.1, 0.15) is 0 Å². The number of ether oxygens (including phenoxy) is 1. The molecule has 0 heterocycles. The largest absolute Gasteiger partial charge is 0.497 e. The summed E-state index contributed by atoms with van der Waals surface area (Å²) in [5, 5.41) is 6.97. The Bertz CT molecular complexity index is 575. The fourth-order valence-corrected chi connectivity index (χ4v) is 2.74. The molecule has 0 atom stereocenters. The van der Waals surface area contributed by atoms with Gasteiger partial charge in [0.15, 0.2) is 5.11 Å². The average Bonchev–Trinajstić information content (AvgIpc) is 2.53. The summed E-state index contributed by atoms with van der Waals surface area (Å²) in [4.78, 5) is 1.27. The highest BCUT2D eigenvalue weighted by atomic mass is 32.2. The topological polar surface area (TPSA) is 33.3 Å². The van der Waals surface area contributed by atoms with E-state index in [0.717, 1.165) is 23.7 Å². The van der Waals surface area contributed by atoms with E-state index in [1.807, 2.05) is 42.5 Å². The normalized spacial score (nSPS) is 9.95. The summed E-state index contributed by atoms with van der Waals surface area (Å²) in [7, 11) is 1.65. The molecular formula is C16H18N2OS2. The average molecular weight is 318 g/mol. The van der Waals surface area contributed by atoms with Crippen LogP contribution in [0.2, 0.25) is 0 Å². The number of thioether (sulfide) groups is 1. The Morgan fingerprint density at radius 2 is 1.95 bits per heavy atom. The van der Waals surface area contributed by atoms with E-state index in [-0.39, 0.29) is 0 Å². The summed E-state index contributed by atoms with van der Waals surface area (Å²) in [5.74, 6) is 1.77. The van der Waals surface area contributed by atoms with E-state index < -0.39 is 0 Å². The number of thiocarbonyl (C=S) groups is 1. The SMILES string of the molecule is COc1cccc(NC(=S)NCCSc2ccccc2)c1. The van der Waals surface area contributed by atoms with E-state index in [1.54, 1.807) is 18.9 Å².